The molecule has 0 fully saturated rings. The van der Waals surface area contributed by atoms with E-state index in [1.807, 2.05) is 24.3 Å². The molecule has 5 nitrogen and oxygen atoms in total. The number of hydroxylamine groups is 2. The minimum atomic E-state index is -0.422. The number of esters is 1. The summed E-state index contributed by atoms with van der Waals surface area (Å²) in [5, 5.41) is 2.74. The van der Waals surface area contributed by atoms with Crippen LogP contribution in [-0.2, 0) is 27.5 Å². The van der Waals surface area contributed by atoms with Crippen LogP contribution in [0.25, 0.3) is 0 Å². The van der Waals surface area contributed by atoms with Crippen molar-refractivity contribution in [2.45, 2.75) is 20.0 Å². The average molecular weight is 383 g/mol. The Bertz CT molecular complexity index is 688. The Hall–Kier alpha value is -1.79. The number of halogens is 2. The molecule has 7 heteroatoms. The van der Waals surface area contributed by atoms with E-state index in [2.05, 4.69) is 0 Å². The number of nitrogens with two attached hydrogens (primary N) is 1. The molecular formula is C18H20Cl2N2O3. The van der Waals surface area contributed by atoms with Gasteiger partial charge in [0.25, 0.3) is 0 Å². The summed E-state index contributed by atoms with van der Waals surface area (Å²) in [5.74, 6) is -0.422. The normalized spacial score (nSPS) is 10.9. The molecule has 2 rings (SSSR count). The summed E-state index contributed by atoms with van der Waals surface area (Å²) in [6.07, 6.45) is 0. The Balaban J connectivity index is 2.09. The standard InChI is InChI=1S/C18H20Cl2N2O3/c1-2-24-18(23)12-25-22(10-13-3-5-17(21)6-4-13)11-14-7-15(19)9-16(20)8-14/h3-9H,2,10-12,21H2,1H3. The lowest BCUT2D eigenvalue weighted by Crippen LogP contribution is -2.27. The minimum absolute atomic E-state index is 0.170. The first kappa shape index (κ1) is 19.5. The second kappa shape index (κ2) is 9.63. The number of carbonyl (C=O) groups excluding carboxylic acids is 1. The number of rotatable bonds is 8. The van der Waals surface area contributed by atoms with E-state index in [0.717, 1.165) is 11.1 Å². The van der Waals surface area contributed by atoms with E-state index in [9.17, 15) is 4.79 Å². The summed E-state index contributed by atoms with van der Waals surface area (Å²) in [6, 6.07) is 12.7. The molecule has 0 radical (unpaired) electrons. The van der Waals surface area contributed by atoms with E-state index in [4.69, 9.17) is 38.5 Å². The van der Waals surface area contributed by atoms with Gasteiger partial charge in [0.15, 0.2) is 6.61 Å². The van der Waals surface area contributed by atoms with Gasteiger partial charge in [-0.15, -0.1) is 0 Å². The van der Waals surface area contributed by atoms with E-state index in [0.29, 0.717) is 35.4 Å². The number of nitrogens with zero attached hydrogens (tertiary/aromatic N) is 1. The topological polar surface area (TPSA) is 64.8 Å². The zero-order valence-corrected chi connectivity index (χ0v) is 15.4. The Morgan fingerprint density at radius 2 is 1.64 bits per heavy atom. The van der Waals surface area contributed by atoms with Gasteiger partial charge in [0.1, 0.15) is 0 Å². The summed E-state index contributed by atoms with van der Waals surface area (Å²) in [6.45, 7) is 2.76. The van der Waals surface area contributed by atoms with Gasteiger partial charge in [0.05, 0.1) is 6.61 Å². The van der Waals surface area contributed by atoms with Gasteiger partial charge in [-0.25, -0.2) is 4.79 Å². The van der Waals surface area contributed by atoms with Crippen molar-refractivity contribution in [3.63, 3.8) is 0 Å². The molecular weight excluding hydrogens is 363 g/mol. The summed E-state index contributed by atoms with van der Waals surface area (Å²) in [4.78, 5) is 17.2. The zero-order valence-electron chi connectivity index (χ0n) is 13.9. The highest BCUT2D eigenvalue weighted by Crippen LogP contribution is 2.21. The SMILES string of the molecule is CCOC(=O)CON(Cc1ccc(N)cc1)Cc1cc(Cl)cc(Cl)c1. The van der Waals surface area contributed by atoms with Crippen LogP contribution >= 0.6 is 23.2 Å². The molecule has 0 saturated heterocycles. The lowest BCUT2D eigenvalue weighted by atomic mass is 10.2. The molecule has 25 heavy (non-hydrogen) atoms. The molecule has 0 unspecified atom stereocenters. The lowest BCUT2D eigenvalue weighted by molar-refractivity contribution is -0.193. The fourth-order valence-corrected chi connectivity index (χ4v) is 2.80. The van der Waals surface area contributed by atoms with Crippen molar-refractivity contribution in [2.24, 2.45) is 0 Å². The Labute approximate surface area is 157 Å². The van der Waals surface area contributed by atoms with Crippen molar-refractivity contribution in [1.29, 1.82) is 0 Å². The summed E-state index contributed by atoms with van der Waals surface area (Å²) < 4.78 is 4.90. The molecule has 0 atom stereocenters. The summed E-state index contributed by atoms with van der Waals surface area (Å²) in [5.41, 5.74) is 8.26. The zero-order chi connectivity index (χ0) is 18.2. The summed E-state index contributed by atoms with van der Waals surface area (Å²) >= 11 is 12.1. The molecule has 2 aromatic rings. The molecule has 2 aromatic carbocycles. The minimum Gasteiger partial charge on any atom is -0.464 e. The van der Waals surface area contributed by atoms with Crippen LogP contribution in [0.2, 0.25) is 10.0 Å². The third-order valence-corrected chi connectivity index (χ3v) is 3.73. The van der Waals surface area contributed by atoms with Crippen molar-refractivity contribution >= 4 is 34.9 Å². The van der Waals surface area contributed by atoms with Gasteiger partial charge in [-0.1, -0.05) is 35.3 Å². The van der Waals surface area contributed by atoms with Gasteiger partial charge >= 0.3 is 5.97 Å². The number of anilines is 1. The van der Waals surface area contributed by atoms with Crippen LogP contribution in [0.5, 0.6) is 0 Å². The first-order valence-electron chi connectivity index (χ1n) is 7.79. The van der Waals surface area contributed by atoms with Gasteiger partial charge in [-0.3, -0.25) is 4.84 Å². The smallest absolute Gasteiger partial charge is 0.334 e. The fourth-order valence-electron chi connectivity index (χ4n) is 2.23. The third-order valence-electron chi connectivity index (χ3n) is 3.29. The van der Waals surface area contributed by atoms with Crippen molar-refractivity contribution in [2.75, 3.05) is 18.9 Å². The number of ether oxygens (including phenoxy) is 1. The number of nitrogen functional groups attached to an aromatic ring is 1. The van der Waals surface area contributed by atoms with E-state index in [-0.39, 0.29) is 6.61 Å². The van der Waals surface area contributed by atoms with Crippen LogP contribution in [0.3, 0.4) is 0 Å². The van der Waals surface area contributed by atoms with Crippen molar-refractivity contribution < 1.29 is 14.4 Å². The van der Waals surface area contributed by atoms with Gasteiger partial charge in [-0.2, -0.15) is 5.06 Å². The van der Waals surface area contributed by atoms with Gasteiger partial charge in [0, 0.05) is 28.8 Å². The maximum absolute atomic E-state index is 11.6. The monoisotopic (exact) mass is 382 g/mol. The molecule has 2 N–H and O–H groups in total. The van der Waals surface area contributed by atoms with Crippen LogP contribution in [0.15, 0.2) is 42.5 Å². The average Bonchev–Trinajstić information content (AvgIpc) is 2.54. The lowest BCUT2D eigenvalue weighted by Gasteiger charge is -2.22. The van der Waals surface area contributed by atoms with Crippen LogP contribution in [-0.4, -0.2) is 24.2 Å². The maximum Gasteiger partial charge on any atom is 0.334 e. The predicted molar refractivity (Wildman–Crippen MR) is 99.1 cm³/mol. The maximum atomic E-state index is 11.6. The Kier molecular flexibility index (Phi) is 7.52. The van der Waals surface area contributed by atoms with E-state index in [1.54, 1.807) is 30.2 Å². The van der Waals surface area contributed by atoms with E-state index in [1.165, 1.54) is 0 Å². The Morgan fingerprint density at radius 1 is 1.04 bits per heavy atom. The van der Waals surface area contributed by atoms with Gasteiger partial charge in [0.2, 0.25) is 0 Å². The van der Waals surface area contributed by atoms with Crippen molar-refractivity contribution in [1.82, 2.24) is 5.06 Å². The summed E-state index contributed by atoms with van der Waals surface area (Å²) in [7, 11) is 0. The molecule has 134 valence electrons. The van der Waals surface area contributed by atoms with Crippen LogP contribution in [0.4, 0.5) is 5.69 Å². The molecule has 0 bridgehead atoms. The first-order valence-corrected chi connectivity index (χ1v) is 8.54. The molecule has 0 aliphatic heterocycles. The van der Waals surface area contributed by atoms with Crippen LogP contribution in [0.1, 0.15) is 18.1 Å². The molecule has 0 aliphatic carbocycles. The number of benzene rings is 2. The molecule has 0 amide bonds. The third kappa shape index (κ3) is 6.92. The highest BCUT2D eigenvalue weighted by Gasteiger charge is 2.12. The number of carbonyl (C=O) groups is 1. The van der Waals surface area contributed by atoms with Crippen LogP contribution in [0, 0.1) is 0 Å². The largest absolute Gasteiger partial charge is 0.464 e. The van der Waals surface area contributed by atoms with Crippen molar-refractivity contribution in [3.8, 4) is 0 Å². The second-order valence-electron chi connectivity index (χ2n) is 5.40. The molecule has 0 heterocycles. The van der Waals surface area contributed by atoms with Crippen molar-refractivity contribution in [3.05, 3.63) is 63.6 Å². The molecule has 0 aliphatic rings. The predicted octanol–water partition coefficient (Wildman–Crippen LogP) is 4.07. The van der Waals surface area contributed by atoms with Gasteiger partial charge < -0.3 is 10.5 Å². The first-order chi connectivity index (χ1) is 12.0. The van der Waals surface area contributed by atoms with Gasteiger partial charge in [-0.05, 0) is 48.4 Å². The van der Waals surface area contributed by atoms with Crippen LogP contribution < -0.4 is 5.73 Å². The Morgan fingerprint density at radius 3 is 2.24 bits per heavy atom. The molecule has 0 saturated carbocycles. The highest BCUT2D eigenvalue weighted by molar-refractivity contribution is 6.34. The highest BCUT2D eigenvalue weighted by atomic mass is 35.5. The van der Waals surface area contributed by atoms with E-state index >= 15 is 0 Å². The quantitative estimate of drug-likeness (QED) is 0.423. The molecule has 0 aromatic heterocycles. The molecule has 0 spiro atoms. The fraction of sp³-hybridized carbons (Fsp3) is 0.278. The van der Waals surface area contributed by atoms with E-state index < -0.39 is 5.97 Å². The number of hydrogen-bond donors (Lipinski definition) is 1. The second-order valence-corrected chi connectivity index (χ2v) is 6.27. The number of hydrogen-bond acceptors (Lipinski definition) is 5.